The number of rotatable bonds is 7. The molecule has 2 aliphatic rings. The number of pyridine rings is 1. The lowest BCUT2D eigenvalue weighted by Crippen LogP contribution is -2.48. The van der Waals surface area contributed by atoms with Gasteiger partial charge in [0.1, 0.15) is 11.5 Å². The molecule has 11 heteroatoms. The highest BCUT2D eigenvalue weighted by Gasteiger charge is 2.28. The van der Waals surface area contributed by atoms with Gasteiger partial charge in [0, 0.05) is 43.9 Å². The number of nitrogens with one attached hydrogen (secondary N) is 1. The van der Waals surface area contributed by atoms with E-state index in [2.05, 4.69) is 38.6 Å². The Morgan fingerprint density at radius 2 is 1.86 bits per heavy atom. The van der Waals surface area contributed by atoms with E-state index in [1.807, 2.05) is 55.9 Å². The predicted octanol–water partition coefficient (Wildman–Crippen LogP) is 5.21. The van der Waals surface area contributed by atoms with Crippen molar-refractivity contribution in [2.75, 3.05) is 25.0 Å². The number of β-amino-alcohol motifs (C(OH)–C–C–N with tert-alkyl or cyclic N) is 1. The fourth-order valence-electron chi connectivity index (χ4n) is 6.47. The zero-order valence-corrected chi connectivity index (χ0v) is 25.4. The number of benzene rings is 1. The predicted molar refractivity (Wildman–Crippen MR) is 167 cm³/mol. The Hall–Kier alpha value is -4.19. The van der Waals surface area contributed by atoms with Crippen molar-refractivity contribution in [2.45, 2.75) is 71.4 Å². The molecule has 5 aromatic rings. The lowest BCUT2D eigenvalue weighted by Gasteiger charge is -2.36. The molecule has 0 aliphatic carbocycles. The van der Waals surface area contributed by atoms with E-state index in [-0.39, 0.29) is 12.3 Å². The number of aliphatic hydroxyl groups is 1. The fourth-order valence-corrected chi connectivity index (χ4v) is 6.47. The van der Waals surface area contributed by atoms with Crippen LogP contribution in [0.4, 0.5) is 5.95 Å². The first-order chi connectivity index (χ1) is 21.4. The number of hydrogen-bond donors (Lipinski definition) is 2. The number of aliphatic hydroxyl groups excluding tert-OH is 1. The number of ether oxygens (including phenoxy) is 1. The van der Waals surface area contributed by atoms with Gasteiger partial charge in [-0.3, -0.25) is 4.90 Å². The largest absolute Gasteiger partial charge is 0.392 e. The van der Waals surface area contributed by atoms with Gasteiger partial charge in [-0.25, -0.2) is 19.6 Å². The van der Waals surface area contributed by atoms with Crippen LogP contribution >= 0.6 is 0 Å². The molecular weight excluding hydrogens is 556 g/mol. The molecule has 2 fully saturated rings. The van der Waals surface area contributed by atoms with Crippen LogP contribution in [-0.4, -0.2) is 71.7 Å². The maximum Gasteiger partial charge on any atom is 0.223 e. The Balaban J connectivity index is 1.22. The summed E-state index contributed by atoms with van der Waals surface area (Å²) < 4.78 is 13.5. The first-order valence-electron chi connectivity index (χ1n) is 15.4. The molecule has 2 aliphatic heterocycles. The van der Waals surface area contributed by atoms with E-state index in [0.717, 1.165) is 83.0 Å². The third kappa shape index (κ3) is 5.70. The first kappa shape index (κ1) is 28.6. The van der Waals surface area contributed by atoms with Crippen molar-refractivity contribution < 1.29 is 14.4 Å². The zero-order valence-electron chi connectivity index (χ0n) is 25.4. The molecule has 2 saturated heterocycles. The Bertz CT molecular complexity index is 1740. The van der Waals surface area contributed by atoms with E-state index in [1.165, 1.54) is 5.56 Å². The van der Waals surface area contributed by atoms with Crippen molar-refractivity contribution in [3.8, 4) is 22.6 Å². The lowest BCUT2D eigenvalue weighted by atomic mass is 10.0. The number of aryl methyl sites for hydroxylation is 3. The van der Waals surface area contributed by atoms with Crippen LogP contribution in [0.25, 0.3) is 33.7 Å². The van der Waals surface area contributed by atoms with Crippen LogP contribution in [0, 0.1) is 20.8 Å². The monoisotopic (exact) mass is 594 g/mol. The van der Waals surface area contributed by atoms with Gasteiger partial charge in [-0.05, 0) is 69.7 Å². The van der Waals surface area contributed by atoms with Gasteiger partial charge in [-0.15, -0.1) is 0 Å². The Morgan fingerprint density at radius 1 is 1.00 bits per heavy atom. The third-order valence-corrected chi connectivity index (χ3v) is 8.56. The fraction of sp³-hybridized carbons (Fsp3) is 0.424. The molecule has 44 heavy (non-hydrogen) atoms. The quantitative estimate of drug-likeness (QED) is 0.259. The van der Waals surface area contributed by atoms with Crippen molar-refractivity contribution in [3.05, 3.63) is 71.2 Å². The highest BCUT2D eigenvalue weighted by molar-refractivity contribution is 5.92. The number of hydrogen-bond acceptors (Lipinski definition) is 10. The molecule has 0 radical (unpaired) electrons. The van der Waals surface area contributed by atoms with Crippen LogP contribution < -0.4 is 5.32 Å². The Labute approximate surface area is 256 Å². The second kappa shape index (κ2) is 12.1. The molecule has 0 bridgehead atoms. The summed E-state index contributed by atoms with van der Waals surface area (Å²) in [7, 11) is 0. The van der Waals surface area contributed by atoms with Gasteiger partial charge >= 0.3 is 0 Å². The summed E-state index contributed by atoms with van der Waals surface area (Å²) in [4.78, 5) is 17.0. The molecule has 0 spiro atoms. The topological polar surface area (TPSA) is 127 Å². The van der Waals surface area contributed by atoms with Crippen molar-refractivity contribution in [1.29, 1.82) is 0 Å². The van der Waals surface area contributed by atoms with E-state index >= 15 is 0 Å². The average molecular weight is 595 g/mol. The molecule has 4 aromatic heterocycles. The molecule has 0 amide bonds. The molecule has 3 atom stereocenters. The molecule has 6 heterocycles. The number of likely N-dealkylation sites (tertiary alicyclic amines) is 1. The number of nitrogens with zero attached hydrogens (tertiary/aromatic N) is 7. The van der Waals surface area contributed by atoms with E-state index in [1.54, 1.807) is 0 Å². The zero-order chi connectivity index (χ0) is 30.2. The summed E-state index contributed by atoms with van der Waals surface area (Å²) in [6, 6.07) is 14.4. The second-order valence-electron chi connectivity index (χ2n) is 12.0. The van der Waals surface area contributed by atoms with E-state index < -0.39 is 6.10 Å². The summed E-state index contributed by atoms with van der Waals surface area (Å²) >= 11 is 0. The normalized spacial score (nSPS) is 21.1. The number of fused-ring (bicyclic) bond motifs is 1. The van der Waals surface area contributed by atoms with Crippen molar-refractivity contribution in [2.24, 2.45) is 0 Å². The highest BCUT2D eigenvalue weighted by atomic mass is 16.5. The number of piperidine rings is 1. The van der Waals surface area contributed by atoms with Gasteiger partial charge in [-0.2, -0.15) is 5.10 Å². The Morgan fingerprint density at radius 3 is 2.64 bits per heavy atom. The van der Waals surface area contributed by atoms with Crippen LogP contribution in [0.2, 0.25) is 0 Å². The molecule has 0 saturated carbocycles. The minimum atomic E-state index is -0.428. The van der Waals surface area contributed by atoms with Gasteiger partial charge in [-0.1, -0.05) is 35.5 Å². The molecule has 2 N–H and O–H groups in total. The first-order valence-corrected chi connectivity index (χ1v) is 15.4. The minimum absolute atomic E-state index is 0.00207. The number of anilines is 1. The highest BCUT2D eigenvalue weighted by Crippen LogP contribution is 2.35. The van der Waals surface area contributed by atoms with Crippen molar-refractivity contribution >= 4 is 17.0 Å². The van der Waals surface area contributed by atoms with E-state index in [4.69, 9.17) is 24.3 Å². The van der Waals surface area contributed by atoms with E-state index in [9.17, 15) is 5.11 Å². The van der Waals surface area contributed by atoms with Crippen LogP contribution in [0.5, 0.6) is 0 Å². The van der Waals surface area contributed by atoms with Gasteiger partial charge < -0.3 is 19.7 Å². The average Bonchev–Trinajstić information content (AvgIpc) is 3.57. The van der Waals surface area contributed by atoms with Gasteiger partial charge in [0.15, 0.2) is 11.9 Å². The van der Waals surface area contributed by atoms with Crippen LogP contribution in [-0.2, 0) is 11.3 Å². The van der Waals surface area contributed by atoms with Gasteiger partial charge in [0.25, 0.3) is 0 Å². The van der Waals surface area contributed by atoms with Gasteiger partial charge in [0.05, 0.1) is 28.7 Å². The lowest BCUT2D eigenvalue weighted by molar-refractivity contribution is -0.0368. The van der Waals surface area contributed by atoms with E-state index in [0.29, 0.717) is 25.5 Å². The molecule has 228 valence electrons. The third-order valence-electron chi connectivity index (χ3n) is 8.56. The summed E-state index contributed by atoms with van der Waals surface area (Å²) in [5.74, 6) is 1.24. The summed E-state index contributed by atoms with van der Waals surface area (Å²) in [6.45, 7) is 8.73. The standard InChI is InChI=1S/C33H38N8O3/c1-20-16-34-33(35-24-15-25(42)19-40(18-24)17-23-9-5-4-6-10-23)37-30(20)31-26-12-13-27(29-21(2)39-44-22(29)3)36-32(26)41(38-31)28-11-7-8-14-43-28/h4-6,9-10,12-13,16,24-25,28,42H,7-8,11,14-15,17-19H2,1-3H3,(H,34,35,37)/t24-,25+,28?/m0/s1. The summed E-state index contributed by atoms with van der Waals surface area (Å²) in [6.07, 6.45) is 4.81. The summed E-state index contributed by atoms with van der Waals surface area (Å²) in [5, 5.41) is 24.3. The molecular formula is C33H38N8O3. The molecule has 1 aromatic carbocycles. The van der Waals surface area contributed by atoms with Crippen LogP contribution in [0.15, 0.2) is 53.2 Å². The van der Waals surface area contributed by atoms with Crippen LogP contribution in [0.3, 0.4) is 0 Å². The maximum atomic E-state index is 10.7. The smallest absolute Gasteiger partial charge is 0.223 e. The Kier molecular flexibility index (Phi) is 7.84. The molecule has 11 nitrogen and oxygen atoms in total. The minimum Gasteiger partial charge on any atom is -0.392 e. The van der Waals surface area contributed by atoms with Crippen molar-refractivity contribution in [1.82, 2.24) is 34.8 Å². The van der Waals surface area contributed by atoms with Crippen molar-refractivity contribution in [3.63, 3.8) is 0 Å². The second-order valence-corrected chi connectivity index (χ2v) is 12.0. The SMILES string of the molecule is Cc1cnc(N[C@H]2C[C@@H](O)CN(Cc3ccccc3)C2)nc1-c1nn(C2CCCCO2)c2nc(-c3c(C)noc3C)ccc12. The van der Waals surface area contributed by atoms with Crippen LogP contribution in [0.1, 0.15) is 54.5 Å². The van der Waals surface area contributed by atoms with Gasteiger partial charge in [0.2, 0.25) is 5.95 Å². The number of aromatic nitrogens is 6. The molecule has 1 unspecified atom stereocenters. The maximum absolute atomic E-state index is 10.7. The summed E-state index contributed by atoms with van der Waals surface area (Å²) in [5.41, 5.74) is 6.84. The molecule has 7 rings (SSSR count).